The molecule has 1 amide bonds. The lowest BCUT2D eigenvalue weighted by atomic mass is 10.2. The third-order valence-corrected chi connectivity index (χ3v) is 5.60. The summed E-state index contributed by atoms with van der Waals surface area (Å²) < 4.78 is 25.5. The summed E-state index contributed by atoms with van der Waals surface area (Å²) >= 11 is 3.15. The van der Waals surface area contributed by atoms with Gasteiger partial charge in [0, 0.05) is 30.2 Å². The van der Waals surface area contributed by atoms with Crippen molar-refractivity contribution in [2.75, 3.05) is 14.1 Å². The topological polar surface area (TPSA) is 104 Å². The van der Waals surface area contributed by atoms with E-state index in [9.17, 15) is 18.0 Å². The number of carbonyl (C=O) groups excluding carboxylic acids is 1. The molecule has 0 bridgehead atoms. The second-order valence-electron chi connectivity index (χ2n) is 4.91. The molecule has 1 atom stereocenters. The Morgan fingerprint density at radius 3 is 2.41 bits per heavy atom. The van der Waals surface area contributed by atoms with Crippen LogP contribution in [0.1, 0.15) is 23.7 Å². The molecule has 0 aliphatic rings. The maximum atomic E-state index is 12.1. The van der Waals surface area contributed by atoms with Crippen LogP contribution < -0.4 is 5.32 Å². The molecular weight excluding hydrogens is 376 g/mol. The molecule has 0 heterocycles. The molecule has 0 saturated carbocycles. The fraction of sp³-hybridized carbons (Fsp3) is 0.385. The Kier molecular flexibility index (Phi) is 6.09. The van der Waals surface area contributed by atoms with E-state index in [1.54, 1.807) is 6.92 Å². The Labute approximate surface area is 137 Å². The molecule has 0 aromatic heterocycles. The minimum absolute atomic E-state index is 0.0487. The van der Waals surface area contributed by atoms with Crippen molar-refractivity contribution in [3.8, 4) is 0 Å². The molecule has 122 valence electrons. The highest BCUT2D eigenvalue weighted by Crippen LogP contribution is 2.25. The predicted molar refractivity (Wildman–Crippen MR) is 84.2 cm³/mol. The van der Waals surface area contributed by atoms with Gasteiger partial charge in [0.2, 0.25) is 10.0 Å². The van der Waals surface area contributed by atoms with E-state index in [1.807, 2.05) is 0 Å². The molecule has 1 aromatic carbocycles. The average Bonchev–Trinajstić information content (AvgIpc) is 2.36. The molecule has 0 fully saturated rings. The molecule has 2 N–H and O–H groups in total. The Bertz CT molecular complexity index is 688. The lowest BCUT2D eigenvalue weighted by Crippen LogP contribution is -2.34. The van der Waals surface area contributed by atoms with Gasteiger partial charge in [-0.15, -0.1) is 0 Å². The van der Waals surface area contributed by atoms with E-state index in [0.29, 0.717) is 0 Å². The van der Waals surface area contributed by atoms with Gasteiger partial charge < -0.3 is 10.4 Å². The van der Waals surface area contributed by atoms with Crippen LogP contribution in [0.5, 0.6) is 0 Å². The van der Waals surface area contributed by atoms with Crippen LogP contribution in [0.25, 0.3) is 0 Å². The van der Waals surface area contributed by atoms with E-state index in [4.69, 9.17) is 5.11 Å². The zero-order valence-corrected chi connectivity index (χ0v) is 14.7. The largest absolute Gasteiger partial charge is 0.481 e. The van der Waals surface area contributed by atoms with Crippen molar-refractivity contribution in [1.82, 2.24) is 9.62 Å². The molecular formula is C13H17BrN2O5S. The number of nitrogens with zero attached hydrogens (tertiary/aromatic N) is 1. The third kappa shape index (κ3) is 4.52. The molecule has 1 aromatic rings. The summed E-state index contributed by atoms with van der Waals surface area (Å²) in [6, 6.07) is 3.56. The summed E-state index contributed by atoms with van der Waals surface area (Å²) in [6.07, 6.45) is -0.194. The lowest BCUT2D eigenvalue weighted by Gasteiger charge is -2.15. The molecule has 1 unspecified atom stereocenters. The highest BCUT2D eigenvalue weighted by Gasteiger charge is 2.22. The number of rotatable bonds is 6. The SMILES string of the molecule is CC(CC(=O)O)NC(=O)c1ccc(S(=O)(=O)N(C)C)c(Br)c1. The van der Waals surface area contributed by atoms with Crippen LogP contribution in [0.2, 0.25) is 0 Å². The molecule has 9 heteroatoms. The second-order valence-corrected chi connectivity index (χ2v) is 7.88. The summed E-state index contributed by atoms with van der Waals surface area (Å²) in [5, 5.41) is 11.2. The molecule has 1 rings (SSSR count). The quantitative estimate of drug-likeness (QED) is 0.758. The minimum Gasteiger partial charge on any atom is -0.481 e. The molecule has 0 aliphatic heterocycles. The van der Waals surface area contributed by atoms with Crippen molar-refractivity contribution in [2.45, 2.75) is 24.3 Å². The lowest BCUT2D eigenvalue weighted by molar-refractivity contribution is -0.137. The first-order valence-electron chi connectivity index (χ1n) is 6.30. The number of halogens is 1. The summed E-state index contributed by atoms with van der Waals surface area (Å²) in [6.45, 7) is 1.58. The van der Waals surface area contributed by atoms with Gasteiger partial charge in [0.1, 0.15) is 0 Å². The van der Waals surface area contributed by atoms with E-state index < -0.39 is 27.9 Å². The maximum absolute atomic E-state index is 12.1. The van der Waals surface area contributed by atoms with Crippen LogP contribution in [-0.2, 0) is 14.8 Å². The van der Waals surface area contributed by atoms with Gasteiger partial charge in [0.05, 0.1) is 11.3 Å². The van der Waals surface area contributed by atoms with Gasteiger partial charge in [-0.05, 0) is 41.1 Å². The Morgan fingerprint density at radius 2 is 1.95 bits per heavy atom. The Morgan fingerprint density at radius 1 is 1.36 bits per heavy atom. The van der Waals surface area contributed by atoms with Gasteiger partial charge in [-0.3, -0.25) is 9.59 Å². The number of carboxylic acids is 1. The number of hydrogen-bond donors (Lipinski definition) is 2. The smallest absolute Gasteiger partial charge is 0.305 e. The molecule has 22 heavy (non-hydrogen) atoms. The first-order valence-corrected chi connectivity index (χ1v) is 8.53. The van der Waals surface area contributed by atoms with Crippen molar-refractivity contribution in [3.05, 3.63) is 28.2 Å². The van der Waals surface area contributed by atoms with Crippen molar-refractivity contribution < 1.29 is 23.1 Å². The minimum atomic E-state index is -3.61. The summed E-state index contributed by atoms with van der Waals surface area (Å²) in [7, 11) is -0.787. The summed E-state index contributed by atoms with van der Waals surface area (Å²) in [5.74, 6) is -1.48. The number of nitrogens with one attached hydrogen (secondary N) is 1. The van der Waals surface area contributed by atoms with Crippen LogP contribution in [0.3, 0.4) is 0 Å². The van der Waals surface area contributed by atoms with Gasteiger partial charge >= 0.3 is 5.97 Å². The number of carbonyl (C=O) groups is 2. The molecule has 0 aliphatic carbocycles. The highest BCUT2D eigenvalue weighted by atomic mass is 79.9. The summed E-state index contributed by atoms with van der Waals surface area (Å²) in [5.41, 5.74) is 0.238. The molecule has 0 spiro atoms. The zero-order chi connectivity index (χ0) is 17.1. The van der Waals surface area contributed by atoms with E-state index >= 15 is 0 Å². The number of amides is 1. The number of carboxylic acid groups (broad SMARTS) is 1. The van der Waals surface area contributed by atoms with E-state index in [0.717, 1.165) is 4.31 Å². The summed E-state index contributed by atoms with van der Waals surface area (Å²) in [4.78, 5) is 22.6. The Hall–Kier alpha value is -1.45. The standard InChI is InChI=1S/C13H17BrN2O5S/c1-8(6-12(17)18)15-13(19)9-4-5-11(10(14)7-9)22(20,21)16(2)3/h4-5,7-8H,6H2,1-3H3,(H,15,19)(H,17,18). The van der Waals surface area contributed by atoms with Gasteiger partial charge in [0.25, 0.3) is 5.91 Å². The Balaban J connectivity index is 2.99. The van der Waals surface area contributed by atoms with Crippen molar-refractivity contribution in [2.24, 2.45) is 0 Å². The number of aliphatic carboxylic acids is 1. The number of hydrogen-bond acceptors (Lipinski definition) is 4. The molecule has 0 saturated heterocycles. The molecule has 0 radical (unpaired) electrons. The fourth-order valence-corrected chi connectivity index (χ4v) is 3.60. The molecule has 7 nitrogen and oxygen atoms in total. The normalized spacial score (nSPS) is 13.0. The van der Waals surface area contributed by atoms with Crippen molar-refractivity contribution >= 4 is 37.8 Å². The predicted octanol–water partition coefficient (Wildman–Crippen LogP) is 1.29. The highest BCUT2D eigenvalue weighted by molar-refractivity contribution is 9.10. The van der Waals surface area contributed by atoms with Crippen LogP contribution in [-0.4, -0.2) is 49.8 Å². The van der Waals surface area contributed by atoms with Crippen LogP contribution >= 0.6 is 15.9 Å². The fourth-order valence-electron chi connectivity index (χ4n) is 1.67. The first kappa shape index (κ1) is 18.6. The maximum Gasteiger partial charge on any atom is 0.305 e. The van der Waals surface area contributed by atoms with Crippen molar-refractivity contribution in [3.63, 3.8) is 0 Å². The van der Waals surface area contributed by atoms with Gasteiger partial charge in [-0.2, -0.15) is 0 Å². The van der Waals surface area contributed by atoms with Crippen LogP contribution in [0.15, 0.2) is 27.6 Å². The van der Waals surface area contributed by atoms with Crippen LogP contribution in [0.4, 0.5) is 0 Å². The number of sulfonamides is 1. The van der Waals surface area contributed by atoms with Crippen molar-refractivity contribution in [1.29, 1.82) is 0 Å². The zero-order valence-electron chi connectivity index (χ0n) is 12.3. The van der Waals surface area contributed by atoms with E-state index in [1.165, 1.54) is 32.3 Å². The average molecular weight is 393 g/mol. The van der Waals surface area contributed by atoms with E-state index in [2.05, 4.69) is 21.2 Å². The monoisotopic (exact) mass is 392 g/mol. The van der Waals surface area contributed by atoms with E-state index in [-0.39, 0.29) is 21.4 Å². The third-order valence-electron chi connectivity index (χ3n) is 2.81. The first-order chi connectivity index (χ1) is 10.1. The number of benzene rings is 1. The van der Waals surface area contributed by atoms with Gasteiger partial charge in [0.15, 0.2) is 0 Å². The second kappa shape index (κ2) is 7.21. The van der Waals surface area contributed by atoms with Crippen LogP contribution in [0, 0.1) is 0 Å². The van der Waals surface area contributed by atoms with Gasteiger partial charge in [-0.25, -0.2) is 12.7 Å². The van der Waals surface area contributed by atoms with Gasteiger partial charge in [-0.1, -0.05) is 0 Å².